The van der Waals surface area contributed by atoms with Crippen LogP contribution in [0, 0.1) is 6.92 Å². The van der Waals surface area contributed by atoms with Gasteiger partial charge in [-0.1, -0.05) is 49.1 Å². The number of hydrogen-bond acceptors (Lipinski definition) is 1. The van der Waals surface area contributed by atoms with Gasteiger partial charge >= 0.3 is 0 Å². The highest BCUT2D eigenvalue weighted by molar-refractivity contribution is 5.76. The largest absolute Gasteiger partial charge is 0.343 e. The van der Waals surface area contributed by atoms with Crippen molar-refractivity contribution in [3.63, 3.8) is 0 Å². The molecule has 1 aromatic carbocycles. The van der Waals surface area contributed by atoms with Crippen molar-refractivity contribution in [3.8, 4) is 0 Å². The van der Waals surface area contributed by atoms with Crippen LogP contribution in [0.4, 0.5) is 0 Å². The van der Waals surface area contributed by atoms with Gasteiger partial charge in [-0.3, -0.25) is 4.79 Å². The summed E-state index contributed by atoms with van der Waals surface area (Å²) in [6.07, 6.45) is 7.76. The van der Waals surface area contributed by atoms with Crippen molar-refractivity contribution in [1.82, 2.24) is 4.90 Å². The lowest BCUT2D eigenvalue weighted by atomic mass is 9.94. The fraction of sp³-hybridized carbons (Fsp3) is 0.588. The molecule has 1 aliphatic rings. The van der Waals surface area contributed by atoms with Crippen LogP contribution in [-0.4, -0.2) is 23.9 Å². The number of benzene rings is 1. The van der Waals surface area contributed by atoms with E-state index in [1.54, 1.807) is 0 Å². The third kappa shape index (κ3) is 4.09. The first-order chi connectivity index (χ1) is 9.16. The molecule has 0 unspecified atom stereocenters. The Hall–Kier alpha value is -1.31. The standard InChI is InChI=1S/C17H25NO/c1-14-7-6-8-15(13-14)11-12-17(19)18(2)16-9-4-3-5-10-16/h6-8,13,16H,3-5,9-12H2,1-2H3. The zero-order valence-corrected chi connectivity index (χ0v) is 12.2. The van der Waals surface area contributed by atoms with Gasteiger partial charge in [-0.15, -0.1) is 0 Å². The van der Waals surface area contributed by atoms with Crippen LogP contribution in [0.2, 0.25) is 0 Å². The maximum absolute atomic E-state index is 12.2. The smallest absolute Gasteiger partial charge is 0.222 e. The second kappa shape index (κ2) is 6.74. The van der Waals surface area contributed by atoms with E-state index in [9.17, 15) is 4.79 Å². The van der Waals surface area contributed by atoms with Crippen LogP contribution in [0.1, 0.15) is 49.7 Å². The fourth-order valence-corrected chi connectivity index (χ4v) is 2.97. The Labute approximate surface area is 116 Å². The van der Waals surface area contributed by atoms with Crippen molar-refractivity contribution in [2.24, 2.45) is 0 Å². The minimum Gasteiger partial charge on any atom is -0.343 e. The summed E-state index contributed by atoms with van der Waals surface area (Å²) in [5.74, 6) is 0.299. The summed E-state index contributed by atoms with van der Waals surface area (Å²) in [5.41, 5.74) is 2.54. The van der Waals surface area contributed by atoms with E-state index in [2.05, 4.69) is 31.2 Å². The molecule has 19 heavy (non-hydrogen) atoms. The molecule has 1 aromatic rings. The van der Waals surface area contributed by atoms with Crippen LogP contribution < -0.4 is 0 Å². The van der Waals surface area contributed by atoms with Gasteiger partial charge in [0.25, 0.3) is 0 Å². The first kappa shape index (κ1) is 14.1. The zero-order valence-electron chi connectivity index (χ0n) is 12.2. The van der Waals surface area contributed by atoms with Gasteiger partial charge in [0.05, 0.1) is 0 Å². The van der Waals surface area contributed by atoms with Gasteiger partial charge in [-0.05, 0) is 31.7 Å². The highest BCUT2D eigenvalue weighted by Gasteiger charge is 2.21. The Morgan fingerprint density at radius 2 is 2.00 bits per heavy atom. The van der Waals surface area contributed by atoms with Gasteiger partial charge < -0.3 is 4.90 Å². The lowest BCUT2D eigenvalue weighted by Gasteiger charge is -2.31. The van der Waals surface area contributed by atoms with Gasteiger partial charge in [0, 0.05) is 19.5 Å². The third-order valence-corrected chi connectivity index (χ3v) is 4.23. The Balaban J connectivity index is 1.83. The van der Waals surface area contributed by atoms with Crippen molar-refractivity contribution >= 4 is 5.91 Å². The average molecular weight is 259 g/mol. The minimum atomic E-state index is 0.299. The van der Waals surface area contributed by atoms with E-state index < -0.39 is 0 Å². The highest BCUT2D eigenvalue weighted by atomic mass is 16.2. The van der Waals surface area contributed by atoms with Gasteiger partial charge in [0.2, 0.25) is 5.91 Å². The molecule has 0 heterocycles. The SMILES string of the molecule is Cc1cccc(CCC(=O)N(C)C2CCCCC2)c1. The van der Waals surface area contributed by atoms with E-state index in [-0.39, 0.29) is 0 Å². The molecule has 0 saturated heterocycles. The molecular formula is C17H25NO. The molecule has 2 rings (SSSR count). The first-order valence-electron chi connectivity index (χ1n) is 7.48. The number of rotatable bonds is 4. The average Bonchev–Trinajstić information content (AvgIpc) is 2.45. The number of carbonyl (C=O) groups excluding carboxylic acids is 1. The normalized spacial score (nSPS) is 16.3. The Morgan fingerprint density at radius 3 is 2.68 bits per heavy atom. The topological polar surface area (TPSA) is 20.3 Å². The third-order valence-electron chi connectivity index (χ3n) is 4.23. The molecule has 0 aliphatic heterocycles. The van der Waals surface area contributed by atoms with E-state index in [0.29, 0.717) is 18.4 Å². The molecule has 2 nitrogen and oxygen atoms in total. The van der Waals surface area contributed by atoms with Crippen molar-refractivity contribution in [2.75, 3.05) is 7.05 Å². The Morgan fingerprint density at radius 1 is 1.26 bits per heavy atom. The van der Waals surface area contributed by atoms with Gasteiger partial charge in [-0.2, -0.15) is 0 Å². The maximum atomic E-state index is 12.2. The molecule has 0 N–H and O–H groups in total. The van der Waals surface area contributed by atoms with Crippen LogP contribution >= 0.6 is 0 Å². The van der Waals surface area contributed by atoms with Crippen molar-refractivity contribution in [2.45, 2.75) is 57.9 Å². The molecule has 2 heteroatoms. The number of carbonyl (C=O) groups is 1. The van der Waals surface area contributed by atoms with E-state index >= 15 is 0 Å². The van der Waals surface area contributed by atoms with E-state index in [0.717, 1.165) is 6.42 Å². The van der Waals surface area contributed by atoms with E-state index in [1.807, 2.05) is 11.9 Å². The van der Waals surface area contributed by atoms with Gasteiger partial charge in [0.1, 0.15) is 0 Å². The molecule has 0 atom stereocenters. The number of amides is 1. The molecule has 0 radical (unpaired) electrons. The molecular weight excluding hydrogens is 234 g/mol. The molecule has 0 spiro atoms. The van der Waals surface area contributed by atoms with Crippen LogP contribution in [0.15, 0.2) is 24.3 Å². The molecule has 0 bridgehead atoms. The summed E-state index contributed by atoms with van der Waals surface area (Å²) in [4.78, 5) is 14.2. The molecule has 104 valence electrons. The van der Waals surface area contributed by atoms with Crippen molar-refractivity contribution < 1.29 is 4.79 Å². The summed E-state index contributed by atoms with van der Waals surface area (Å²) in [6, 6.07) is 8.94. The Bertz CT molecular complexity index is 421. The van der Waals surface area contributed by atoms with Gasteiger partial charge in [-0.25, -0.2) is 0 Å². The number of nitrogens with zero attached hydrogens (tertiary/aromatic N) is 1. The van der Waals surface area contributed by atoms with Crippen LogP contribution in [0.5, 0.6) is 0 Å². The van der Waals surface area contributed by atoms with Crippen LogP contribution in [0.3, 0.4) is 0 Å². The van der Waals surface area contributed by atoms with Crippen molar-refractivity contribution in [1.29, 1.82) is 0 Å². The van der Waals surface area contributed by atoms with Crippen LogP contribution in [-0.2, 0) is 11.2 Å². The molecule has 0 aromatic heterocycles. The summed E-state index contributed by atoms with van der Waals surface area (Å²) in [7, 11) is 1.98. The predicted octanol–water partition coefficient (Wildman–Crippen LogP) is 3.72. The summed E-state index contributed by atoms with van der Waals surface area (Å²) in [6.45, 7) is 2.10. The van der Waals surface area contributed by atoms with Gasteiger partial charge in [0.15, 0.2) is 0 Å². The first-order valence-corrected chi connectivity index (χ1v) is 7.48. The minimum absolute atomic E-state index is 0.299. The number of aryl methyl sites for hydroxylation is 2. The second-order valence-electron chi connectivity index (χ2n) is 5.79. The van der Waals surface area contributed by atoms with E-state index in [4.69, 9.17) is 0 Å². The zero-order chi connectivity index (χ0) is 13.7. The summed E-state index contributed by atoms with van der Waals surface area (Å²) < 4.78 is 0. The molecule has 1 amide bonds. The number of hydrogen-bond donors (Lipinski definition) is 0. The highest BCUT2D eigenvalue weighted by Crippen LogP contribution is 2.22. The molecule has 1 aliphatic carbocycles. The Kier molecular flexibility index (Phi) is 5.00. The second-order valence-corrected chi connectivity index (χ2v) is 5.79. The summed E-state index contributed by atoms with van der Waals surface area (Å²) >= 11 is 0. The lowest BCUT2D eigenvalue weighted by Crippen LogP contribution is -2.38. The lowest BCUT2D eigenvalue weighted by molar-refractivity contribution is -0.132. The molecule has 1 saturated carbocycles. The maximum Gasteiger partial charge on any atom is 0.222 e. The van der Waals surface area contributed by atoms with E-state index in [1.165, 1.54) is 43.2 Å². The molecule has 1 fully saturated rings. The summed E-state index contributed by atoms with van der Waals surface area (Å²) in [5, 5.41) is 0. The fourth-order valence-electron chi connectivity index (χ4n) is 2.97. The predicted molar refractivity (Wildman–Crippen MR) is 79.1 cm³/mol. The van der Waals surface area contributed by atoms with Crippen molar-refractivity contribution in [3.05, 3.63) is 35.4 Å². The quantitative estimate of drug-likeness (QED) is 0.807. The van der Waals surface area contributed by atoms with Crippen LogP contribution in [0.25, 0.3) is 0 Å². The monoisotopic (exact) mass is 259 g/mol.